The number of rotatable bonds is 1. The third kappa shape index (κ3) is 2.21. The van der Waals surface area contributed by atoms with E-state index in [-0.39, 0.29) is 6.04 Å². The minimum absolute atomic E-state index is 0.259. The van der Waals surface area contributed by atoms with E-state index in [0.717, 1.165) is 17.4 Å². The number of aromatic amines is 1. The SMILES string of the molecule is Cc1ccc2[nH]c3c(c2c1)CCNC3c1ccc(Br)cc1. The van der Waals surface area contributed by atoms with Crippen LogP contribution in [0.15, 0.2) is 46.9 Å². The van der Waals surface area contributed by atoms with E-state index in [1.165, 1.54) is 33.3 Å². The van der Waals surface area contributed by atoms with E-state index in [0.29, 0.717) is 0 Å². The molecule has 3 heteroatoms. The monoisotopic (exact) mass is 340 g/mol. The second kappa shape index (κ2) is 5.00. The van der Waals surface area contributed by atoms with Crippen molar-refractivity contribution in [2.24, 2.45) is 0 Å². The first-order chi connectivity index (χ1) is 10.2. The highest BCUT2D eigenvalue weighted by atomic mass is 79.9. The molecule has 0 fully saturated rings. The Morgan fingerprint density at radius 1 is 1.10 bits per heavy atom. The summed E-state index contributed by atoms with van der Waals surface area (Å²) in [5, 5.41) is 5.02. The Kier molecular flexibility index (Phi) is 3.12. The lowest BCUT2D eigenvalue weighted by Gasteiger charge is -2.25. The first-order valence-corrected chi connectivity index (χ1v) is 8.11. The summed E-state index contributed by atoms with van der Waals surface area (Å²) in [7, 11) is 0. The summed E-state index contributed by atoms with van der Waals surface area (Å²) in [5.74, 6) is 0. The average Bonchev–Trinajstić information content (AvgIpc) is 2.86. The van der Waals surface area contributed by atoms with Gasteiger partial charge in [0.15, 0.2) is 0 Å². The van der Waals surface area contributed by atoms with E-state index in [9.17, 15) is 0 Å². The molecule has 0 aliphatic carbocycles. The van der Waals surface area contributed by atoms with Gasteiger partial charge in [-0.2, -0.15) is 0 Å². The van der Waals surface area contributed by atoms with Crippen LogP contribution >= 0.6 is 15.9 Å². The number of aryl methyl sites for hydroxylation is 1. The zero-order valence-corrected chi connectivity index (χ0v) is 13.5. The minimum atomic E-state index is 0.259. The third-order valence-electron chi connectivity index (χ3n) is 4.31. The van der Waals surface area contributed by atoms with Crippen LogP contribution < -0.4 is 5.32 Å². The van der Waals surface area contributed by atoms with Crippen LogP contribution in [-0.4, -0.2) is 11.5 Å². The fraction of sp³-hybridized carbons (Fsp3) is 0.222. The van der Waals surface area contributed by atoms with Gasteiger partial charge in [0.05, 0.1) is 6.04 Å². The molecule has 1 aliphatic rings. The Labute approximate surface area is 132 Å². The van der Waals surface area contributed by atoms with Gasteiger partial charge in [-0.3, -0.25) is 0 Å². The molecule has 1 aliphatic heterocycles. The van der Waals surface area contributed by atoms with Gasteiger partial charge < -0.3 is 10.3 Å². The number of halogens is 1. The van der Waals surface area contributed by atoms with E-state index in [1.807, 2.05) is 0 Å². The van der Waals surface area contributed by atoms with Crippen LogP contribution in [0, 0.1) is 6.92 Å². The van der Waals surface area contributed by atoms with Crippen LogP contribution in [0.4, 0.5) is 0 Å². The maximum Gasteiger partial charge on any atom is 0.0732 e. The smallest absolute Gasteiger partial charge is 0.0732 e. The standard InChI is InChI=1S/C18H17BrN2/c1-11-2-7-16-15(10-11)14-8-9-20-17(18(14)21-16)12-3-5-13(19)6-4-12/h2-7,10,17,20-21H,8-9H2,1H3. The molecule has 106 valence electrons. The highest BCUT2D eigenvalue weighted by molar-refractivity contribution is 9.10. The Morgan fingerprint density at radius 2 is 1.90 bits per heavy atom. The van der Waals surface area contributed by atoms with Crippen LogP contribution in [0.3, 0.4) is 0 Å². The second-order valence-electron chi connectivity index (χ2n) is 5.75. The molecule has 0 saturated heterocycles. The fourth-order valence-electron chi connectivity index (χ4n) is 3.28. The van der Waals surface area contributed by atoms with Gasteiger partial charge in [0.25, 0.3) is 0 Å². The molecule has 3 aromatic rings. The molecule has 0 spiro atoms. The molecule has 2 aromatic carbocycles. The minimum Gasteiger partial charge on any atom is -0.357 e. The van der Waals surface area contributed by atoms with Crippen molar-refractivity contribution >= 4 is 26.8 Å². The lowest BCUT2D eigenvalue weighted by atomic mass is 9.94. The molecule has 2 N–H and O–H groups in total. The van der Waals surface area contributed by atoms with Crippen LogP contribution in [0.2, 0.25) is 0 Å². The zero-order chi connectivity index (χ0) is 14.4. The van der Waals surface area contributed by atoms with Gasteiger partial charge in [-0.05, 0) is 48.7 Å². The summed E-state index contributed by atoms with van der Waals surface area (Å²) >= 11 is 3.51. The molecular formula is C18H17BrN2. The molecule has 0 saturated carbocycles. The predicted molar refractivity (Wildman–Crippen MR) is 90.7 cm³/mol. The molecule has 0 amide bonds. The Hall–Kier alpha value is -1.58. The predicted octanol–water partition coefficient (Wildman–Crippen LogP) is 4.47. The highest BCUT2D eigenvalue weighted by Gasteiger charge is 2.24. The molecule has 2 nitrogen and oxygen atoms in total. The van der Waals surface area contributed by atoms with Crippen molar-refractivity contribution in [3.63, 3.8) is 0 Å². The summed E-state index contributed by atoms with van der Waals surface area (Å²) in [6.07, 6.45) is 1.09. The van der Waals surface area contributed by atoms with Crippen LogP contribution in [0.1, 0.15) is 28.4 Å². The van der Waals surface area contributed by atoms with Crippen molar-refractivity contribution in [2.45, 2.75) is 19.4 Å². The molecular weight excluding hydrogens is 324 g/mol. The van der Waals surface area contributed by atoms with Crippen molar-refractivity contribution in [3.05, 3.63) is 69.3 Å². The quantitative estimate of drug-likeness (QED) is 0.671. The maximum absolute atomic E-state index is 3.64. The fourth-order valence-corrected chi connectivity index (χ4v) is 3.55. The Balaban J connectivity index is 1.88. The molecule has 2 heterocycles. The summed E-state index contributed by atoms with van der Waals surface area (Å²) in [5.41, 5.74) is 6.67. The van der Waals surface area contributed by atoms with Gasteiger partial charge in [-0.25, -0.2) is 0 Å². The molecule has 4 rings (SSSR count). The summed E-state index contributed by atoms with van der Waals surface area (Å²) < 4.78 is 1.12. The molecule has 0 bridgehead atoms. The third-order valence-corrected chi connectivity index (χ3v) is 4.84. The normalized spacial score (nSPS) is 17.9. The molecule has 1 atom stereocenters. The molecule has 1 aromatic heterocycles. The zero-order valence-electron chi connectivity index (χ0n) is 11.9. The van der Waals surface area contributed by atoms with Gasteiger partial charge >= 0.3 is 0 Å². The summed E-state index contributed by atoms with van der Waals surface area (Å²) in [4.78, 5) is 3.63. The van der Waals surface area contributed by atoms with Crippen molar-refractivity contribution in [3.8, 4) is 0 Å². The van der Waals surface area contributed by atoms with Crippen LogP contribution in [0.25, 0.3) is 10.9 Å². The number of hydrogen-bond acceptors (Lipinski definition) is 1. The molecule has 21 heavy (non-hydrogen) atoms. The van der Waals surface area contributed by atoms with Crippen molar-refractivity contribution < 1.29 is 0 Å². The van der Waals surface area contributed by atoms with Gasteiger partial charge in [0.2, 0.25) is 0 Å². The number of aromatic nitrogens is 1. The number of hydrogen-bond donors (Lipinski definition) is 2. The number of benzene rings is 2. The van der Waals surface area contributed by atoms with E-state index in [4.69, 9.17) is 0 Å². The van der Waals surface area contributed by atoms with Gasteiger partial charge in [-0.1, -0.05) is 39.7 Å². The van der Waals surface area contributed by atoms with E-state index in [2.05, 4.69) is 75.6 Å². The lowest BCUT2D eigenvalue weighted by Crippen LogP contribution is -2.30. The largest absolute Gasteiger partial charge is 0.357 e. The highest BCUT2D eigenvalue weighted by Crippen LogP contribution is 2.34. The van der Waals surface area contributed by atoms with Gasteiger partial charge in [0, 0.05) is 27.6 Å². The van der Waals surface area contributed by atoms with Crippen molar-refractivity contribution in [1.82, 2.24) is 10.3 Å². The van der Waals surface area contributed by atoms with Crippen LogP contribution in [-0.2, 0) is 6.42 Å². The van der Waals surface area contributed by atoms with Crippen molar-refractivity contribution in [1.29, 1.82) is 0 Å². The van der Waals surface area contributed by atoms with E-state index >= 15 is 0 Å². The number of H-pyrrole nitrogens is 1. The first kappa shape index (κ1) is 13.1. The maximum atomic E-state index is 3.64. The number of fused-ring (bicyclic) bond motifs is 3. The van der Waals surface area contributed by atoms with E-state index < -0.39 is 0 Å². The van der Waals surface area contributed by atoms with Crippen LogP contribution in [0.5, 0.6) is 0 Å². The Morgan fingerprint density at radius 3 is 2.71 bits per heavy atom. The molecule has 1 unspecified atom stereocenters. The lowest BCUT2D eigenvalue weighted by molar-refractivity contribution is 0.560. The summed E-state index contributed by atoms with van der Waals surface area (Å²) in [6.45, 7) is 3.18. The van der Waals surface area contributed by atoms with Crippen molar-refractivity contribution in [2.75, 3.05) is 6.54 Å². The van der Waals surface area contributed by atoms with E-state index in [1.54, 1.807) is 0 Å². The average molecular weight is 341 g/mol. The first-order valence-electron chi connectivity index (χ1n) is 7.32. The van der Waals surface area contributed by atoms with Gasteiger partial charge in [0.1, 0.15) is 0 Å². The number of nitrogens with one attached hydrogen (secondary N) is 2. The Bertz CT molecular complexity index is 802. The topological polar surface area (TPSA) is 27.8 Å². The molecule has 0 radical (unpaired) electrons. The second-order valence-corrected chi connectivity index (χ2v) is 6.67. The summed E-state index contributed by atoms with van der Waals surface area (Å²) in [6, 6.07) is 15.5. The van der Waals surface area contributed by atoms with Gasteiger partial charge in [-0.15, -0.1) is 0 Å².